The SMILES string of the molecule is Fc1ccc(SCCCCCSc2ccc(F)cc2)cc1. The van der Waals surface area contributed by atoms with Crippen LogP contribution in [0.3, 0.4) is 0 Å². The first kappa shape index (κ1) is 16.4. The summed E-state index contributed by atoms with van der Waals surface area (Å²) in [7, 11) is 0. The van der Waals surface area contributed by atoms with E-state index in [1.807, 2.05) is 24.3 Å². The quantitative estimate of drug-likeness (QED) is 0.430. The van der Waals surface area contributed by atoms with E-state index in [0.29, 0.717) is 0 Å². The molecule has 0 amide bonds. The normalized spacial score (nSPS) is 10.8. The van der Waals surface area contributed by atoms with E-state index in [0.717, 1.165) is 34.1 Å². The highest BCUT2D eigenvalue weighted by Gasteiger charge is 1.97. The number of hydrogen-bond acceptors (Lipinski definition) is 2. The van der Waals surface area contributed by atoms with E-state index in [1.54, 1.807) is 23.5 Å². The fraction of sp³-hybridized carbons (Fsp3) is 0.294. The molecule has 0 aromatic heterocycles. The molecule has 0 nitrogen and oxygen atoms in total. The highest BCUT2D eigenvalue weighted by Crippen LogP contribution is 2.22. The molecule has 112 valence electrons. The van der Waals surface area contributed by atoms with E-state index < -0.39 is 0 Å². The van der Waals surface area contributed by atoms with Gasteiger partial charge in [0, 0.05) is 9.79 Å². The summed E-state index contributed by atoms with van der Waals surface area (Å²) < 4.78 is 25.5. The lowest BCUT2D eigenvalue weighted by Crippen LogP contribution is -1.85. The van der Waals surface area contributed by atoms with E-state index in [4.69, 9.17) is 0 Å². The topological polar surface area (TPSA) is 0 Å². The van der Waals surface area contributed by atoms with Gasteiger partial charge in [0.1, 0.15) is 11.6 Å². The molecule has 0 saturated heterocycles. The molecular formula is C17H18F2S2. The van der Waals surface area contributed by atoms with Crippen LogP contribution in [0.4, 0.5) is 8.78 Å². The maximum absolute atomic E-state index is 12.7. The van der Waals surface area contributed by atoms with Gasteiger partial charge >= 0.3 is 0 Å². The van der Waals surface area contributed by atoms with Gasteiger partial charge in [-0.15, -0.1) is 23.5 Å². The van der Waals surface area contributed by atoms with Crippen molar-refractivity contribution in [3.05, 3.63) is 60.2 Å². The van der Waals surface area contributed by atoms with Crippen LogP contribution < -0.4 is 0 Å². The first-order chi connectivity index (χ1) is 10.2. The molecule has 0 radical (unpaired) electrons. The van der Waals surface area contributed by atoms with Crippen LogP contribution in [0, 0.1) is 11.6 Å². The van der Waals surface area contributed by atoms with Gasteiger partial charge in [0.05, 0.1) is 0 Å². The fourth-order valence-electron chi connectivity index (χ4n) is 1.82. The summed E-state index contributed by atoms with van der Waals surface area (Å²) in [6, 6.07) is 13.3. The van der Waals surface area contributed by atoms with Gasteiger partial charge in [0.2, 0.25) is 0 Å². The molecule has 0 heterocycles. The minimum absolute atomic E-state index is 0.183. The van der Waals surface area contributed by atoms with Crippen LogP contribution in [0.5, 0.6) is 0 Å². The lowest BCUT2D eigenvalue weighted by Gasteiger charge is -2.03. The molecule has 0 fully saturated rings. The first-order valence-electron chi connectivity index (χ1n) is 7.01. The molecular weight excluding hydrogens is 306 g/mol. The number of halogens is 2. The average Bonchev–Trinajstić information content (AvgIpc) is 2.50. The first-order valence-corrected chi connectivity index (χ1v) is 8.98. The molecule has 0 aliphatic carbocycles. The largest absolute Gasteiger partial charge is 0.207 e. The van der Waals surface area contributed by atoms with Gasteiger partial charge < -0.3 is 0 Å². The summed E-state index contributed by atoms with van der Waals surface area (Å²) in [5.74, 6) is 1.76. The smallest absolute Gasteiger partial charge is 0.123 e. The van der Waals surface area contributed by atoms with Crippen molar-refractivity contribution in [1.29, 1.82) is 0 Å². The lowest BCUT2D eigenvalue weighted by atomic mass is 10.3. The van der Waals surface area contributed by atoms with E-state index in [1.165, 1.54) is 30.7 Å². The van der Waals surface area contributed by atoms with Crippen molar-refractivity contribution in [3.8, 4) is 0 Å². The van der Waals surface area contributed by atoms with Crippen LogP contribution in [0.2, 0.25) is 0 Å². The molecule has 0 bridgehead atoms. The van der Waals surface area contributed by atoms with Crippen LogP contribution in [-0.2, 0) is 0 Å². The third kappa shape index (κ3) is 6.53. The summed E-state index contributed by atoms with van der Waals surface area (Å²) >= 11 is 3.54. The minimum Gasteiger partial charge on any atom is -0.207 e. The van der Waals surface area contributed by atoms with Crippen LogP contribution in [0.25, 0.3) is 0 Å². The van der Waals surface area contributed by atoms with Crippen LogP contribution in [-0.4, -0.2) is 11.5 Å². The Balaban J connectivity index is 1.52. The van der Waals surface area contributed by atoms with Gasteiger partial charge in [-0.1, -0.05) is 6.42 Å². The Labute approximate surface area is 133 Å². The van der Waals surface area contributed by atoms with Crippen molar-refractivity contribution < 1.29 is 8.78 Å². The fourth-order valence-corrected chi connectivity index (χ4v) is 3.65. The predicted molar refractivity (Wildman–Crippen MR) is 88.1 cm³/mol. The van der Waals surface area contributed by atoms with Crippen LogP contribution in [0.1, 0.15) is 19.3 Å². The number of rotatable bonds is 8. The van der Waals surface area contributed by atoms with E-state index in [2.05, 4.69) is 0 Å². The molecule has 21 heavy (non-hydrogen) atoms. The number of benzene rings is 2. The van der Waals surface area contributed by atoms with Gasteiger partial charge in [-0.2, -0.15) is 0 Å². The second-order valence-electron chi connectivity index (χ2n) is 4.67. The third-order valence-electron chi connectivity index (χ3n) is 2.95. The van der Waals surface area contributed by atoms with Crippen molar-refractivity contribution in [2.24, 2.45) is 0 Å². The molecule has 0 saturated carbocycles. The molecule has 0 spiro atoms. The Morgan fingerprint density at radius 3 is 1.33 bits per heavy atom. The van der Waals surface area contributed by atoms with Gasteiger partial charge in [-0.3, -0.25) is 0 Å². The molecule has 0 aliphatic heterocycles. The number of thioether (sulfide) groups is 2. The van der Waals surface area contributed by atoms with Gasteiger partial charge in [0.25, 0.3) is 0 Å². The predicted octanol–water partition coefficient (Wildman–Crippen LogP) is 6.02. The highest BCUT2D eigenvalue weighted by molar-refractivity contribution is 7.99. The highest BCUT2D eigenvalue weighted by atomic mass is 32.2. The van der Waals surface area contributed by atoms with E-state index >= 15 is 0 Å². The Morgan fingerprint density at radius 2 is 0.952 bits per heavy atom. The van der Waals surface area contributed by atoms with Gasteiger partial charge in [0.15, 0.2) is 0 Å². The minimum atomic E-state index is -0.183. The van der Waals surface area contributed by atoms with Crippen molar-refractivity contribution in [2.75, 3.05) is 11.5 Å². The zero-order valence-electron chi connectivity index (χ0n) is 11.7. The third-order valence-corrected chi connectivity index (χ3v) is 5.15. The maximum atomic E-state index is 12.7. The van der Waals surface area contributed by atoms with Gasteiger partial charge in [-0.25, -0.2) is 8.78 Å². The Bertz CT molecular complexity index is 474. The second kappa shape index (κ2) is 9.11. The van der Waals surface area contributed by atoms with Crippen molar-refractivity contribution >= 4 is 23.5 Å². The number of unbranched alkanes of at least 4 members (excludes halogenated alkanes) is 2. The average molecular weight is 324 g/mol. The van der Waals surface area contributed by atoms with Crippen LogP contribution in [0.15, 0.2) is 58.3 Å². The Kier molecular flexibility index (Phi) is 7.10. The second-order valence-corrected chi connectivity index (χ2v) is 7.00. The van der Waals surface area contributed by atoms with Crippen molar-refractivity contribution in [2.45, 2.75) is 29.1 Å². The molecule has 0 aliphatic rings. The molecule has 2 aromatic rings. The van der Waals surface area contributed by atoms with Gasteiger partial charge in [-0.05, 0) is 72.9 Å². The number of hydrogen-bond donors (Lipinski definition) is 0. The summed E-state index contributed by atoms with van der Waals surface area (Å²) in [6.07, 6.45) is 3.50. The zero-order chi connectivity index (χ0) is 14.9. The molecule has 4 heteroatoms. The van der Waals surface area contributed by atoms with Crippen LogP contribution >= 0.6 is 23.5 Å². The summed E-state index contributed by atoms with van der Waals surface area (Å²) in [5, 5.41) is 0. The molecule has 0 unspecified atom stereocenters. The summed E-state index contributed by atoms with van der Waals surface area (Å²) in [6.45, 7) is 0. The Morgan fingerprint density at radius 1 is 0.571 bits per heavy atom. The monoisotopic (exact) mass is 324 g/mol. The molecule has 2 aromatic carbocycles. The standard InChI is InChI=1S/C17H18F2S2/c18-14-4-8-16(9-5-14)20-12-2-1-3-13-21-17-10-6-15(19)7-11-17/h4-11H,1-3,12-13H2. The van der Waals surface area contributed by atoms with Crippen molar-refractivity contribution in [1.82, 2.24) is 0 Å². The molecule has 0 atom stereocenters. The van der Waals surface area contributed by atoms with Crippen molar-refractivity contribution in [3.63, 3.8) is 0 Å². The maximum Gasteiger partial charge on any atom is 0.123 e. The summed E-state index contributed by atoms with van der Waals surface area (Å²) in [4.78, 5) is 2.24. The molecule has 2 rings (SSSR count). The zero-order valence-corrected chi connectivity index (χ0v) is 13.4. The van der Waals surface area contributed by atoms with E-state index in [-0.39, 0.29) is 11.6 Å². The summed E-state index contributed by atoms with van der Waals surface area (Å²) in [5.41, 5.74) is 0. The van der Waals surface area contributed by atoms with E-state index in [9.17, 15) is 8.78 Å². The lowest BCUT2D eigenvalue weighted by molar-refractivity contribution is 0.626. The molecule has 0 N–H and O–H groups in total. The Hall–Kier alpha value is -1.00.